The van der Waals surface area contributed by atoms with Crippen LogP contribution in [-0.2, 0) is 16.6 Å². The van der Waals surface area contributed by atoms with Crippen LogP contribution >= 0.6 is 0 Å². The minimum absolute atomic E-state index is 0. The molecule has 1 aromatic carbocycles. The van der Waals surface area contributed by atoms with Crippen LogP contribution in [0, 0.1) is 0 Å². The van der Waals surface area contributed by atoms with E-state index in [1.165, 1.54) is 11.1 Å². The fourth-order valence-electron chi connectivity index (χ4n) is 3.01. The molecule has 0 fully saturated rings. The van der Waals surface area contributed by atoms with Crippen LogP contribution in [0.15, 0.2) is 24.3 Å². The summed E-state index contributed by atoms with van der Waals surface area (Å²) in [6.45, 7) is 4.82. The number of nitrogens with one attached hydrogen (secondary N) is 1. The summed E-state index contributed by atoms with van der Waals surface area (Å²) in [5.74, 6) is 0.203. The first-order valence-corrected chi connectivity index (χ1v) is 6.61. The molecule has 17 heavy (non-hydrogen) atoms. The van der Waals surface area contributed by atoms with Gasteiger partial charge in [-0.2, -0.15) is 0 Å². The molecule has 1 aromatic rings. The zero-order valence-electron chi connectivity index (χ0n) is 10.8. The van der Waals surface area contributed by atoms with Crippen LogP contribution in [0.5, 0.6) is 0 Å². The average Bonchev–Trinajstić information content (AvgIpc) is 2.38. The minimum atomic E-state index is -0.287. The highest BCUT2D eigenvalue weighted by Crippen LogP contribution is 2.40. The molecule has 0 bridgehead atoms. The van der Waals surface area contributed by atoms with Gasteiger partial charge in [0.25, 0.3) is 0 Å². The van der Waals surface area contributed by atoms with Gasteiger partial charge in [0.1, 0.15) is 0 Å². The van der Waals surface area contributed by atoms with Crippen LogP contribution in [-0.4, -0.2) is 12.5 Å². The normalized spacial score (nSPS) is 22.9. The summed E-state index contributed by atoms with van der Waals surface area (Å²) in [5, 5.41) is 3.01. The molecule has 2 heteroatoms. The van der Waals surface area contributed by atoms with Crippen LogP contribution in [0.1, 0.15) is 45.7 Å². The second kappa shape index (κ2) is 4.91. The topological polar surface area (TPSA) is 29.1 Å². The van der Waals surface area contributed by atoms with E-state index < -0.39 is 0 Å². The van der Waals surface area contributed by atoms with E-state index in [1.807, 2.05) is 13.0 Å². The Bertz CT molecular complexity index is 419. The van der Waals surface area contributed by atoms with E-state index in [-0.39, 0.29) is 12.7 Å². The molecular formula is C15H23NO. The third kappa shape index (κ3) is 1.97. The molecule has 2 rings (SSSR count). The molecule has 0 saturated heterocycles. The molecule has 0 aliphatic heterocycles. The Balaban J connectivity index is 0.00000162. The van der Waals surface area contributed by atoms with Gasteiger partial charge in [-0.1, -0.05) is 31.2 Å². The monoisotopic (exact) mass is 233 g/mol. The molecular weight excluding hydrogens is 210 g/mol. The number of aryl methyl sites for hydroxylation is 1. The lowest BCUT2D eigenvalue weighted by molar-refractivity contribution is -0.127. The van der Waals surface area contributed by atoms with E-state index in [1.54, 1.807) is 0 Å². The van der Waals surface area contributed by atoms with E-state index in [0.29, 0.717) is 6.54 Å². The summed E-state index contributed by atoms with van der Waals surface area (Å²) in [7, 11) is 0. The Morgan fingerprint density at radius 2 is 2.18 bits per heavy atom. The highest BCUT2D eigenvalue weighted by Gasteiger charge is 2.41. The number of carbonyl (C=O) groups excluding carboxylic acids is 1. The predicted molar refractivity (Wildman–Crippen MR) is 72.1 cm³/mol. The van der Waals surface area contributed by atoms with Crippen molar-refractivity contribution in [3.8, 4) is 0 Å². The Morgan fingerprint density at radius 3 is 2.88 bits per heavy atom. The van der Waals surface area contributed by atoms with Gasteiger partial charge in [-0.3, -0.25) is 4.79 Å². The van der Waals surface area contributed by atoms with E-state index in [9.17, 15) is 4.79 Å². The molecule has 1 amide bonds. The van der Waals surface area contributed by atoms with Gasteiger partial charge in [0.2, 0.25) is 5.91 Å². The van der Waals surface area contributed by atoms with Crippen molar-refractivity contribution in [2.24, 2.45) is 0 Å². The number of hydrogen-bond donors (Lipinski definition) is 1. The van der Waals surface area contributed by atoms with Crippen molar-refractivity contribution in [1.29, 1.82) is 0 Å². The lowest BCUT2D eigenvalue weighted by Gasteiger charge is -2.37. The van der Waals surface area contributed by atoms with Gasteiger partial charge in [0.05, 0.1) is 5.41 Å². The molecule has 1 aliphatic carbocycles. The zero-order valence-corrected chi connectivity index (χ0v) is 10.8. The molecule has 0 radical (unpaired) electrons. The van der Waals surface area contributed by atoms with Gasteiger partial charge < -0.3 is 5.32 Å². The number of fused-ring (bicyclic) bond motifs is 1. The average molecular weight is 233 g/mol. The number of carbonyl (C=O) groups is 1. The Kier molecular flexibility index (Phi) is 3.51. The summed E-state index contributed by atoms with van der Waals surface area (Å²) in [4.78, 5) is 12.4. The summed E-state index contributed by atoms with van der Waals surface area (Å²) in [6, 6.07) is 8.42. The molecule has 0 saturated carbocycles. The molecule has 94 valence electrons. The standard InChI is InChI=1S/C15H21NO.H2/c1-3-15(14(17)16-4-2)11-7-9-12-8-5-6-10-13(12)15;/h5-6,8,10H,3-4,7,9,11H2,1-2H3,(H,16,17);1H/t15-;/m1./s1. The van der Waals surface area contributed by atoms with Crippen LogP contribution < -0.4 is 5.32 Å². The highest BCUT2D eigenvalue weighted by atomic mass is 16.2. The first-order valence-electron chi connectivity index (χ1n) is 6.61. The van der Waals surface area contributed by atoms with E-state index in [4.69, 9.17) is 0 Å². The minimum Gasteiger partial charge on any atom is -0.356 e. The van der Waals surface area contributed by atoms with Crippen LogP contribution in [0.3, 0.4) is 0 Å². The maximum Gasteiger partial charge on any atom is 0.230 e. The third-order valence-corrected chi connectivity index (χ3v) is 3.96. The summed E-state index contributed by atoms with van der Waals surface area (Å²) < 4.78 is 0. The molecule has 1 aliphatic rings. The first-order chi connectivity index (χ1) is 8.24. The molecule has 0 unspecified atom stereocenters. The van der Waals surface area contributed by atoms with Gasteiger partial charge in [-0.25, -0.2) is 0 Å². The van der Waals surface area contributed by atoms with Crippen molar-refractivity contribution < 1.29 is 6.22 Å². The highest BCUT2D eigenvalue weighted by molar-refractivity contribution is 5.88. The third-order valence-electron chi connectivity index (χ3n) is 3.96. The molecule has 0 heterocycles. The van der Waals surface area contributed by atoms with Gasteiger partial charge in [-0.15, -0.1) is 0 Å². The molecule has 1 N–H and O–H groups in total. The molecule has 1 atom stereocenters. The van der Waals surface area contributed by atoms with Crippen LogP contribution in [0.2, 0.25) is 0 Å². The van der Waals surface area contributed by atoms with E-state index >= 15 is 0 Å². The summed E-state index contributed by atoms with van der Waals surface area (Å²) in [5.41, 5.74) is 2.32. The van der Waals surface area contributed by atoms with Crippen LogP contribution in [0.25, 0.3) is 0 Å². The number of rotatable bonds is 3. The van der Waals surface area contributed by atoms with Gasteiger partial charge in [-0.05, 0) is 43.7 Å². The summed E-state index contributed by atoms with van der Waals surface area (Å²) in [6.07, 6.45) is 4.08. The summed E-state index contributed by atoms with van der Waals surface area (Å²) >= 11 is 0. The van der Waals surface area contributed by atoms with Crippen molar-refractivity contribution in [3.05, 3.63) is 35.4 Å². The lowest BCUT2D eigenvalue weighted by atomic mass is 9.67. The number of hydrogen-bond acceptors (Lipinski definition) is 1. The van der Waals surface area contributed by atoms with Gasteiger partial charge >= 0.3 is 0 Å². The fourth-order valence-corrected chi connectivity index (χ4v) is 3.01. The maximum absolute atomic E-state index is 12.4. The SMILES string of the molecule is CCNC(=O)[C@]1(CC)CCCc2ccccc21.[HH]. The zero-order chi connectivity index (χ0) is 12.3. The number of likely N-dealkylation sites (N-methyl/N-ethyl adjacent to an activating group) is 1. The molecule has 0 aromatic heterocycles. The van der Waals surface area contributed by atoms with E-state index in [2.05, 4.69) is 30.4 Å². The maximum atomic E-state index is 12.4. The van der Waals surface area contributed by atoms with E-state index in [0.717, 1.165) is 25.7 Å². The van der Waals surface area contributed by atoms with Crippen molar-refractivity contribution in [1.82, 2.24) is 5.32 Å². The number of amides is 1. The number of benzene rings is 1. The van der Waals surface area contributed by atoms with Gasteiger partial charge in [0.15, 0.2) is 0 Å². The predicted octanol–water partition coefficient (Wildman–Crippen LogP) is 3.05. The smallest absolute Gasteiger partial charge is 0.230 e. The van der Waals surface area contributed by atoms with Gasteiger partial charge in [0, 0.05) is 7.97 Å². The Morgan fingerprint density at radius 1 is 1.41 bits per heavy atom. The van der Waals surface area contributed by atoms with Crippen molar-refractivity contribution in [2.75, 3.05) is 6.54 Å². The fraction of sp³-hybridized carbons (Fsp3) is 0.533. The lowest BCUT2D eigenvalue weighted by Crippen LogP contribution is -2.46. The van der Waals surface area contributed by atoms with Crippen molar-refractivity contribution >= 4 is 5.91 Å². The second-order valence-electron chi connectivity index (χ2n) is 4.81. The quantitative estimate of drug-likeness (QED) is 0.854. The molecule has 0 spiro atoms. The second-order valence-corrected chi connectivity index (χ2v) is 4.81. The Hall–Kier alpha value is -1.31. The largest absolute Gasteiger partial charge is 0.356 e. The Labute approximate surface area is 105 Å². The van der Waals surface area contributed by atoms with Crippen LogP contribution in [0.4, 0.5) is 0 Å². The van der Waals surface area contributed by atoms with Crippen molar-refractivity contribution in [2.45, 2.75) is 44.9 Å². The molecule has 2 nitrogen and oxygen atoms in total. The first kappa shape index (κ1) is 12.2. The van der Waals surface area contributed by atoms with Crippen molar-refractivity contribution in [3.63, 3.8) is 0 Å².